The Bertz CT molecular complexity index is 579. The maximum atomic E-state index is 12.5. The lowest BCUT2D eigenvalue weighted by atomic mass is 10.3. The number of sulfonamides is 1. The van der Waals surface area contributed by atoms with Gasteiger partial charge in [-0.3, -0.25) is 4.79 Å². The quantitative estimate of drug-likeness (QED) is 0.813. The minimum absolute atomic E-state index is 0.00201. The molecular formula is C13H18N2O4S. The summed E-state index contributed by atoms with van der Waals surface area (Å²) >= 11 is 0. The van der Waals surface area contributed by atoms with Gasteiger partial charge in [-0.2, -0.15) is 4.31 Å². The third-order valence-electron chi connectivity index (χ3n) is 3.06. The Labute approximate surface area is 118 Å². The van der Waals surface area contributed by atoms with Gasteiger partial charge in [0.15, 0.2) is 0 Å². The summed E-state index contributed by atoms with van der Waals surface area (Å²) in [6.07, 6.45) is 1.67. The normalized spacial score (nSPS) is 15.3. The van der Waals surface area contributed by atoms with Crippen LogP contribution in [0.25, 0.3) is 0 Å². The van der Waals surface area contributed by atoms with Crippen LogP contribution in [-0.2, 0) is 14.8 Å². The Hall–Kier alpha value is -1.44. The standard InChI is InChI=1S/C13H18N2O4S/c1-10(17)14-11-2-6-13(7-3-11)20(18,19)15(8-9-16)12-4-5-12/h2-3,6-7,12,16H,4-5,8-9H2,1H3,(H,14,17). The zero-order chi connectivity index (χ0) is 14.8. The fraction of sp³-hybridized carbons (Fsp3) is 0.462. The molecule has 0 heterocycles. The van der Waals surface area contributed by atoms with Gasteiger partial charge in [0.25, 0.3) is 0 Å². The minimum atomic E-state index is -3.58. The molecule has 0 unspecified atom stereocenters. The van der Waals surface area contributed by atoms with Gasteiger partial charge in [0.05, 0.1) is 11.5 Å². The van der Waals surface area contributed by atoms with Crippen LogP contribution in [0.2, 0.25) is 0 Å². The monoisotopic (exact) mass is 298 g/mol. The first-order chi connectivity index (χ1) is 9.45. The molecule has 0 radical (unpaired) electrons. The van der Waals surface area contributed by atoms with Gasteiger partial charge in [-0.1, -0.05) is 0 Å². The molecule has 0 saturated heterocycles. The molecule has 1 saturated carbocycles. The molecule has 1 aliphatic carbocycles. The van der Waals surface area contributed by atoms with Crippen LogP contribution in [0.4, 0.5) is 5.69 Å². The molecule has 2 N–H and O–H groups in total. The number of hydrogen-bond acceptors (Lipinski definition) is 4. The van der Waals surface area contributed by atoms with Gasteiger partial charge < -0.3 is 10.4 Å². The van der Waals surface area contributed by atoms with E-state index in [1.807, 2.05) is 0 Å². The summed E-state index contributed by atoms with van der Waals surface area (Å²) in [5, 5.41) is 11.6. The highest BCUT2D eigenvalue weighted by Crippen LogP contribution is 2.31. The summed E-state index contributed by atoms with van der Waals surface area (Å²) < 4.78 is 26.3. The first kappa shape index (κ1) is 15.0. The maximum absolute atomic E-state index is 12.5. The lowest BCUT2D eigenvalue weighted by Gasteiger charge is -2.20. The predicted molar refractivity (Wildman–Crippen MR) is 74.7 cm³/mol. The summed E-state index contributed by atoms with van der Waals surface area (Å²) in [6, 6.07) is 6.04. The van der Waals surface area contributed by atoms with Crippen LogP contribution in [0.1, 0.15) is 19.8 Å². The van der Waals surface area contributed by atoms with E-state index in [1.54, 1.807) is 12.1 Å². The molecule has 1 amide bonds. The second-order valence-corrected chi connectivity index (χ2v) is 6.67. The van der Waals surface area contributed by atoms with Crippen molar-refractivity contribution in [2.75, 3.05) is 18.5 Å². The number of nitrogens with one attached hydrogen (secondary N) is 1. The second-order valence-electron chi connectivity index (χ2n) is 4.78. The average Bonchev–Trinajstić information content (AvgIpc) is 3.20. The molecule has 1 aliphatic rings. The molecule has 1 fully saturated rings. The van der Waals surface area contributed by atoms with Crippen molar-refractivity contribution in [3.05, 3.63) is 24.3 Å². The van der Waals surface area contributed by atoms with Crippen LogP contribution in [0.5, 0.6) is 0 Å². The summed E-state index contributed by atoms with van der Waals surface area (Å²) in [4.78, 5) is 11.1. The highest BCUT2D eigenvalue weighted by molar-refractivity contribution is 7.89. The highest BCUT2D eigenvalue weighted by atomic mass is 32.2. The number of anilines is 1. The largest absolute Gasteiger partial charge is 0.395 e. The zero-order valence-corrected chi connectivity index (χ0v) is 12.1. The van der Waals surface area contributed by atoms with Crippen LogP contribution in [0.3, 0.4) is 0 Å². The number of aliphatic hydroxyl groups is 1. The van der Waals surface area contributed by atoms with Gasteiger partial charge in [-0.15, -0.1) is 0 Å². The minimum Gasteiger partial charge on any atom is -0.395 e. The third kappa shape index (κ3) is 3.36. The van der Waals surface area contributed by atoms with E-state index in [0.717, 1.165) is 12.8 Å². The van der Waals surface area contributed by atoms with Crippen molar-refractivity contribution in [1.82, 2.24) is 4.31 Å². The van der Waals surface area contributed by atoms with Gasteiger partial charge in [0.2, 0.25) is 15.9 Å². The molecule has 0 spiro atoms. The van der Waals surface area contributed by atoms with E-state index in [2.05, 4.69) is 5.32 Å². The van der Waals surface area contributed by atoms with Crippen molar-refractivity contribution in [3.63, 3.8) is 0 Å². The Morgan fingerprint density at radius 3 is 2.40 bits per heavy atom. The Kier molecular flexibility index (Phi) is 4.42. The predicted octanol–water partition coefficient (Wildman–Crippen LogP) is 0.790. The van der Waals surface area contributed by atoms with E-state index < -0.39 is 10.0 Å². The van der Waals surface area contributed by atoms with E-state index in [1.165, 1.54) is 23.4 Å². The summed E-state index contributed by atoms with van der Waals surface area (Å²) in [5.74, 6) is -0.208. The molecule has 2 rings (SSSR count). The number of aliphatic hydroxyl groups excluding tert-OH is 1. The SMILES string of the molecule is CC(=O)Nc1ccc(S(=O)(=O)N(CCO)C2CC2)cc1. The van der Waals surface area contributed by atoms with Crippen LogP contribution >= 0.6 is 0 Å². The number of nitrogens with zero attached hydrogens (tertiary/aromatic N) is 1. The number of carbonyl (C=O) groups excluding carboxylic acids is 1. The van der Waals surface area contributed by atoms with E-state index in [9.17, 15) is 13.2 Å². The van der Waals surface area contributed by atoms with Crippen molar-refractivity contribution < 1.29 is 18.3 Å². The van der Waals surface area contributed by atoms with Gasteiger partial charge in [0, 0.05) is 25.2 Å². The highest BCUT2D eigenvalue weighted by Gasteiger charge is 2.37. The molecule has 20 heavy (non-hydrogen) atoms. The van der Waals surface area contributed by atoms with Crippen LogP contribution in [-0.4, -0.2) is 42.9 Å². The number of benzene rings is 1. The molecule has 1 aromatic rings. The lowest BCUT2D eigenvalue weighted by Crippen LogP contribution is -2.35. The first-order valence-electron chi connectivity index (χ1n) is 6.45. The van der Waals surface area contributed by atoms with Gasteiger partial charge in [-0.05, 0) is 37.1 Å². The zero-order valence-electron chi connectivity index (χ0n) is 11.2. The molecule has 7 heteroatoms. The fourth-order valence-corrected chi connectivity index (χ4v) is 3.69. The third-order valence-corrected chi connectivity index (χ3v) is 5.02. The molecule has 1 aromatic carbocycles. The molecule has 0 aliphatic heterocycles. The Balaban J connectivity index is 2.22. The Morgan fingerprint density at radius 1 is 1.35 bits per heavy atom. The van der Waals surface area contributed by atoms with Crippen molar-refractivity contribution in [2.45, 2.75) is 30.7 Å². The van der Waals surface area contributed by atoms with E-state index in [-0.39, 0.29) is 30.0 Å². The smallest absolute Gasteiger partial charge is 0.243 e. The first-order valence-corrected chi connectivity index (χ1v) is 7.89. The van der Waals surface area contributed by atoms with Crippen molar-refractivity contribution in [3.8, 4) is 0 Å². The lowest BCUT2D eigenvalue weighted by molar-refractivity contribution is -0.114. The van der Waals surface area contributed by atoms with Crippen LogP contribution < -0.4 is 5.32 Å². The molecular weight excluding hydrogens is 280 g/mol. The average molecular weight is 298 g/mol. The molecule has 6 nitrogen and oxygen atoms in total. The van der Waals surface area contributed by atoms with Crippen molar-refractivity contribution in [2.24, 2.45) is 0 Å². The van der Waals surface area contributed by atoms with Gasteiger partial charge >= 0.3 is 0 Å². The number of rotatable bonds is 6. The fourth-order valence-electron chi connectivity index (χ4n) is 2.01. The maximum Gasteiger partial charge on any atom is 0.243 e. The summed E-state index contributed by atoms with van der Waals surface area (Å²) in [5.41, 5.74) is 0.552. The molecule has 110 valence electrons. The second kappa shape index (κ2) is 5.90. The number of amides is 1. The van der Waals surface area contributed by atoms with Crippen LogP contribution in [0.15, 0.2) is 29.2 Å². The van der Waals surface area contributed by atoms with Crippen molar-refractivity contribution >= 4 is 21.6 Å². The molecule has 0 atom stereocenters. The number of hydrogen-bond donors (Lipinski definition) is 2. The Morgan fingerprint density at radius 2 is 1.95 bits per heavy atom. The summed E-state index contributed by atoms with van der Waals surface area (Å²) in [7, 11) is -3.58. The van der Waals surface area contributed by atoms with E-state index in [0.29, 0.717) is 5.69 Å². The summed E-state index contributed by atoms with van der Waals surface area (Å²) in [6.45, 7) is 1.31. The van der Waals surface area contributed by atoms with Gasteiger partial charge in [0.1, 0.15) is 0 Å². The molecule has 0 aromatic heterocycles. The van der Waals surface area contributed by atoms with Crippen LogP contribution in [0, 0.1) is 0 Å². The molecule has 0 bridgehead atoms. The van der Waals surface area contributed by atoms with Crippen molar-refractivity contribution in [1.29, 1.82) is 0 Å². The number of carbonyl (C=O) groups is 1. The van der Waals surface area contributed by atoms with E-state index in [4.69, 9.17) is 5.11 Å². The topological polar surface area (TPSA) is 86.7 Å². The van der Waals surface area contributed by atoms with E-state index >= 15 is 0 Å². The van der Waals surface area contributed by atoms with Gasteiger partial charge in [-0.25, -0.2) is 8.42 Å².